The van der Waals surface area contributed by atoms with Crippen molar-refractivity contribution in [2.75, 3.05) is 6.54 Å². The van der Waals surface area contributed by atoms with Crippen molar-refractivity contribution in [1.29, 1.82) is 0 Å². The van der Waals surface area contributed by atoms with Gasteiger partial charge >= 0.3 is 12.1 Å². The molecule has 1 aliphatic carbocycles. The first-order chi connectivity index (χ1) is 16.7. The summed E-state index contributed by atoms with van der Waals surface area (Å²) in [5.74, 6) is 0.444. The molecule has 3 amide bonds. The molecule has 1 aromatic carbocycles. The Hall–Kier alpha value is -3.60. The number of carbonyl (C=O) groups excluding carboxylic acids is 2. The number of carbonyl (C=O) groups is 2. The predicted octanol–water partition coefficient (Wildman–Crippen LogP) is 3.11. The maximum atomic E-state index is 12.6. The second-order valence-electron chi connectivity index (χ2n) is 8.92. The van der Waals surface area contributed by atoms with E-state index in [2.05, 4.69) is 27.3 Å². The Labute approximate surface area is 203 Å². The summed E-state index contributed by atoms with van der Waals surface area (Å²) in [5.41, 5.74) is 1.31. The molecule has 2 heterocycles. The van der Waals surface area contributed by atoms with E-state index in [1.54, 1.807) is 30.5 Å². The molecule has 0 saturated heterocycles. The Balaban J connectivity index is 1.28. The maximum Gasteiger partial charge on any atom is 0.328 e. The Morgan fingerprint density at radius 3 is 2.51 bits per heavy atom. The maximum absolute atomic E-state index is 12.6. The number of aromatic hydroxyl groups is 1. The van der Waals surface area contributed by atoms with Crippen LogP contribution in [-0.4, -0.2) is 47.7 Å². The normalized spacial score (nSPS) is 18.2. The number of hydrogen-bond donors (Lipinski definition) is 4. The third-order valence-electron chi connectivity index (χ3n) is 6.28. The van der Waals surface area contributed by atoms with Crippen molar-refractivity contribution < 1.29 is 23.1 Å². The van der Waals surface area contributed by atoms with E-state index < -0.39 is 22.1 Å². The van der Waals surface area contributed by atoms with Gasteiger partial charge < -0.3 is 15.7 Å². The number of benzene rings is 1. The minimum absolute atomic E-state index is 0.0120. The molecule has 0 aliphatic heterocycles. The largest absolute Gasteiger partial charge is 0.494 e. The number of hydrogen-bond acceptors (Lipinski definition) is 6. The molecule has 0 radical (unpaired) electrons. The molecule has 2 aromatic heterocycles. The van der Waals surface area contributed by atoms with Gasteiger partial charge in [-0.2, -0.15) is 0 Å². The zero-order chi connectivity index (χ0) is 25.0. The summed E-state index contributed by atoms with van der Waals surface area (Å²) in [7, 11) is -3.99. The Morgan fingerprint density at radius 1 is 1.11 bits per heavy atom. The van der Waals surface area contributed by atoms with Crippen molar-refractivity contribution in [3.05, 3.63) is 54.4 Å². The van der Waals surface area contributed by atoms with Gasteiger partial charge in [0.1, 0.15) is 0 Å². The Bertz CT molecular complexity index is 1310. The van der Waals surface area contributed by atoms with Crippen LogP contribution in [0, 0.1) is 5.92 Å². The van der Waals surface area contributed by atoms with Gasteiger partial charge in [0.15, 0.2) is 0 Å². The molecule has 0 atom stereocenters. The van der Waals surface area contributed by atoms with Gasteiger partial charge in [0.25, 0.3) is 10.0 Å². The predicted molar refractivity (Wildman–Crippen MR) is 131 cm³/mol. The lowest BCUT2D eigenvalue weighted by molar-refractivity contribution is 0.233. The molecule has 4 N–H and O–H groups in total. The quantitative estimate of drug-likeness (QED) is 0.410. The molecular weight excluding hydrogens is 470 g/mol. The molecule has 3 aromatic rings. The van der Waals surface area contributed by atoms with E-state index in [1.165, 1.54) is 18.3 Å². The van der Waals surface area contributed by atoms with Crippen LogP contribution in [0.2, 0.25) is 0 Å². The van der Waals surface area contributed by atoms with Crippen LogP contribution in [0.4, 0.5) is 9.59 Å². The van der Waals surface area contributed by atoms with Crippen molar-refractivity contribution in [2.45, 2.75) is 50.0 Å². The molecule has 11 heteroatoms. The van der Waals surface area contributed by atoms with Crippen LogP contribution in [0.25, 0.3) is 10.9 Å². The average Bonchev–Trinajstić information content (AvgIpc) is 3.17. The summed E-state index contributed by atoms with van der Waals surface area (Å²) in [6, 6.07) is 8.23. The molecule has 0 spiro atoms. The number of sulfonamides is 1. The first kappa shape index (κ1) is 24.5. The van der Waals surface area contributed by atoms with Crippen LogP contribution in [0.1, 0.15) is 38.2 Å². The van der Waals surface area contributed by atoms with E-state index in [0.29, 0.717) is 23.2 Å². The number of urea groups is 1. The molecule has 35 heavy (non-hydrogen) atoms. The van der Waals surface area contributed by atoms with E-state index in [0.717, 1.165) is 35.8 Å². The number of aromatic nitrogens is 2. The van der Waals surface area contributed by atoms with Crippen molar-refractivity contribution in [3.8, 4) is 5.88 Å². The summed E-state index contributed by atoms with van der Waals surface area (Å²) < 4.78 is 28.3. The highest BCUT2D eigenvalue weighted by Crippen LogP contribution is 2.25. The van der Waals surface area contributed by atoms with E-state index in [4.69, 9.17) is 0 Å². The number of amides is 3. The molecule has 1 fully saturated rings. The number of pyridine rings is 1. The minimum Gasteiger partial charge on any atom is -0.494 e. The zero-order valence-corrected chi connectivity index (χ0v) is 20.2. The first-order valence-electron chi connectivity index (χ1n) is 11.6. The minimum atomic E-state index is -3.99. The van der Waals surface area contributed by atoms with E-state index >= 15 is 0 Å². The molecule has 0 unspecified atom stereocenters. The third-order valence-corrected chi connectivity index (χ3v) is 7.63. The molecule has 0 bridgehead atoms. The summed E-state index contributed by atoms with van der Waals surface area (Å²) in [4.78, 5) is 28.7. The standard InChI is InChI=1S/C24H29N5O5S/c1-16-4-8-18(9-5-16)27-23(31)28-35(33,34)19-10-6-17(7-11-19)12-14-26-24(32)29-15-21-20(22(29)30)3-2-13-25-21/h2-3,6-7,10-11,13,15-16,18,30H,4-5,8-9,12,14H2,1H3,(H,26,32)(H2,27,28,31). The van der Waals surface area contributed by atoms with Crippen molar-refractivity contribution in [2.24, 2.45) is 5.92 Å². The smallest absolute Gasteiger partial charge is 0.328 e. The van der Waals surface area contributed by atoms with Crippen molar-refractivity contribution in [1.82, 2.24) is 24.9 Å². The lowest BCUT2D eigenvalue weighted by Gasteiger charge is -2.26. The number of nitrogens with one attached hydrogen (secondary N) is 3. The Kier molecular flexibility index (Phi) is 7.25. The first-order valence-corrected chi connectivity index (χ1v) is 13.1. The lowest BCUT2D eigenvalue weighted by atomic mass is 9.87. The highest BCUT2D eigenvalue weighted by molar-refractivity contribution is 7.90. The van der Waals surface area contributed by atoms with Gasteiger partial charge in [-0.05, 0) is 67.9 Å². The molecule has 4 rings (SSSR count). The van der Waals surface area contributed by atoms with Gasteiger partial charge in [0, 0.05) is 25.0 Å². The van der Waals surface area contributed by atoms with Crippen LogP contribution in [0.15, 0.2) is 53.7 Å². The fraction of sp³-hybridized carbons (Fsp3) is 0.375. The van der Waals surface area contributed by atoms with Crippen LogP contribution < -0.4 is 15.4 Å². The Morgan fingerprint density at radius 2 is 1.83 bits per heavy atom. The van der Waals surface area contributed by atoms with Gasteiger partial charge in [-0.25, -0.2) is 27.3 Å². The summed E-state index contributed by atoms with van der Waals surface area (Å²) in [6.07, 6.45) is 7.19. The summed E-state index contributed by atoms with van der Waals surface area (Å²) in [5, 5.41) is 16.2. The van der Waals surface area contributed by atoms with Gasteiger partial charge in [-0.3, -0.25) is 4.98 Å². The van der Waals surface area contributed by atoms with Gasteiger partial charge in [-0.1, -0.05) is 19.1 Å². The SMILES string of the molecule is CC1CCC(NC(=O)NS(=O)(=O)c2ccc(CCNC(=O)n3cc4ncccc4c3O)cc2)CC1. The second-order valence-corrected chi connectivity index (χ2v) is 10.6. The van der Waals surface area contributed by atoms with E-state index in [1.807, 2.05) is 0 Å². The third kappa shape index (κ3) is 5.91. The van der Waals surface area contributed by atoms with E-state index in [-0.39, 0.29) is 23.4 Å². The highest BCUT2D eigenvalue weighted by atomic mass is 32.2. The molecule has 1 saturated carbocycles. The topological polar surface area (TPSA) is 142 Å². The van der Waals surface area contributed by atoms with Gasteiger partial charge in [-0.15, -0.1) is 0 Å². The van der Waals surface area contributed by atoms with Gasteiger partial charge in [0.05, 0.1) is 15.8 Å². The van der Waals surface area contributed by atoms with Crippen molar-refractivity contribution in [3.63, 3.8) is 0 Å². The number of nitrogens with zero attached hydrogens (tertiary/aromatic N) is 2. The number of fused-ring (bicyclic) bond motifs is 1. The summed E-state index contributed by atoms with van der Waals surface area (Å²) in [6.45, 7) is 2.44. The molecule has 186 valence electrons. The van der Waals surface area contributed by atoms with Crippen LogP contribution >= 0.6 is 0 Å². The molecule has 10 nitrogen and oxygen atoms in total. The van der Waals surface area contributed by atoms with Crippen LogP contribution in [0.5, 0.6) is 5.88 Å². The molecular formula is C24H29N5O5S. The zero-order valence-electron chi connectivity index (χ0n) is 19.4. The van der Waals surface area contributed by atoms with E-state index in [9.17, 15) is 23.1 Å². The fourth-order valence-electron chi connectivity index (χ4n) is 4.21. The number of rotatable bonds is 6. The van der Waals surface area contributed by atoms with Crippen molar-refractivity contribution >= 4 is 33.0 Å². The average molecular weight is 500 g/mol. The van der Waals surface area contributed by atoms with Gasteiger partial charge in [0.2, 0.25) is 5.88 Å². The fourth-order valence-corrected chi connectivity index (χ4v) is 5.13. The second kappa shape index (κ2) is 10.3. The van der Waals surface area contributed by atoms with Crippen LogP contribution in [-0.2, 0) is 16.4 Å². The lowest BCUT2D eigenvalue weighted by Crippen LogP contribution is -2.45. The van der Waals surface area contributed by atoms with Crippen LogP contribution in [0.3, 0.4) is 0 Å². The molecule has 1 aliphatic rings. The monoisotopic (exact) mass is 499 g/mol. The summed E-state index contributed by atoms with van der Waals surface area (Å²) >= 11 is 0. The highest BCUT2D eigenvalue weighted by Gasteiger charge is 2.23.